The van der Waals surface area contributed by atoms with Crippen LogP contribution in [0.3, 0.4) is 0 Å². The number of hydrogen-bond acceptors (Lipinski definition) is 3. The Labute approximate surface area is 68.8 Å². The van der Waals surface area contributed by atoms with E-state index in [0.29, 0.717) is 11.5 Å². The first-order valence-electron chi connectivity index (χ1n) is 3.53. The van der Waals surface area contributed by atoms with E-state index in [1.165, 1.54) is 7.11 Å². The van der Waals surface area contributed by atoms with E-state index in [1.54, 1.807) is 12.1 Å². The Kier molecular flexibility index (Phi) is 1.40. The first-order valence-corrected chi connectivity index (χ1v) is 3.53. The molecule has 1 heterocycles. The van der Waals surface area contributed by atoms with Gasteiger partial charge in [0.25, 0.3) is 6.01 Å². The molecule has 2 aromatic rings. The summed E-state index contributed by atoms with van der Waals surface area (Å²) in [7, 11) is 1.52. The summed E-state index contributed by atoms with van der Waals surface area (Å²) in [6, 6.07) is 5.56. The molecule has 2 N–H and O–H groups in total. The van der Waals surface area contributed by atoms with Crippen LogP contribution in [0.2, 0.25) is 0 Å². The van der Waals surface area contributed by atoms with Gasteiger partial charge in [0, 0.05) is 0 Å². The molecule has 0 saturated carbocycles. The van der Waals surface area contributed by atoms with Gasteiger partial charge in [-0.2, -0.15) is 4.98 Å². The number of aromatic nitrogens is 2. The van der Waals surface area contributed by atoms with Crippen molar-refractivity contribution in [1.29, 1.82) is 0 Å². The maximum absolute atomic E-state index is 9.34. The van der Waals surface area contributed by atoms with E-state index in [0.717, 1.165) is 5.52 Å². The standard InChI is InChI=1S/C8H8N2O2/c1-12-8-9-5-3-2-4-6(11)7(5)10-8/h2-4,11H,1H3,(H,9,10). The third kappa shape index (κ3) is 0.887. The van der Waals surface area contributed by atoms with Crippen molar-refractivity contribution in [3.63, 3.8) is 0 Å². The van der Waals surface area contributed by atoms with Crippen LogP contribution in [0.5, 0.6) is 11.8 Å². The lowest BCUT2D eigenvalue weighted by atomic mass is 10.3. The lowest BCUT2D eigenvalue weighted by Crippen LogP contribution is -1.82. The number of aromatic hydroxyl groups is 1. The third-order valence-electron chi connectivity index (χ3n) is 1.66. The van der Waals surface area contributed by atoms with Crippen LogP contribution >= 0.6 is 0 Å². The minimum atomic E-state index is 0.159. The van der Waals surface area contributed by atoms with Crippen LogP contribution in [-0.4, -0.2) is 22.2 Å². The molecular weight excluding hydrogens is 156 g/mol. The maximum atomic E-state index is 9.34. The average molecular weight is 164 g/mol. The normalized spacial score (nSPS) is 10.4. The molecule has 0 fully saturated rings. The lowest BCUT2D eigenvalue weighted by Gasteiger charge is -1.89. The smallest absolute Gasteiger partial charge is 0.294 e. The maximum Gasteiger partial charge on any atom is 0.294 e. The Hall–Kier alpha value is -1.71. The number of aromatic amines is 1. The highest BCUT2D eigenvalue weighted by Crippen LogP contribution is 2.23. The predicted molar refractivity (Wildman–Crippen MR) is 44.3 cm³/mol. The number of methoxy groups -OCH3 is 1. The number of para-hydroxylation sites is 1. The summed E-state index contributed by atoms with van der Waals surface area (Å²) in [5, 5.41) is 9.34. The molecule has 0 amide bonds. The molecule has 0 bridgehead atoms. The number of hydrogen-bond donors (Lipinski definition) is 2. The monoisotopic (exact) mass is 164 g/mol. The van der Waals surface area contributed by atoms with Crippen LogP contribution < -0.4 is 4.74 Å². The number of phenols is 1. The van der Waals surface area contributed by atoms with E-state index < -0.39 is 0 Å². The van der Waals surface area contributed by atoms with Crippen LogP contribution in [-0.2, 0) is 0 Å². The van der Waals surface area contributed by atoms with Crippen LogP contribution in [0.4, 0.5) is 0 Å². The second kappa shape index (κ2) is 2.41. The van der Waals surface area contributed by atoms with Crippen molar-refractivity contribution in [1.82, 2.24) is 9.97 Å². The first-order chi connectivity index (χ1) is 5.81. The number of nitrogens with one attached hydrogen (secondary N) is 1. The summed E-state index contributed by atoms with van der Waals surface area (Å²) in [4.78, 5) is 6.90. The van der Waals surface area contributed by atoms with Gasteiger partial charge in [-0.3, -0.25) is 0 Å². The number of H-pyrrole nitrogens is 1. The van der Waals surface area contributed by atoms with Crippen LogP contribution in [0.1, 0.15) is 0 Å². The summed E-state index contributed by atoms with van der Waals surface area (Å²) in [6.07, 6.45) is 0. The highest BCUT2D eigenvalue weighted by Gasteiger charge is 2.04. The van der Waals surface area contributed by atoms with Crippen molar-refractivity contribution in [2.45, 2.75) is 0 Å². The number of imidazole rings is 1. The zero-order valence-corrected chi connectivity index (χ0v) is 6.53. The summed E-state index contributed by atoms with van der Waals surface area (Å²) in [6.45, 7) is 0. The largest absolute Gasteiger partial charge is 0.506 e. The summed E-state index contributed by atoms with van der Waals surface area (Å²) >= 11 is 0. The van der Waals surface area contributed by atoms with Gasteiger partial charge < -0.3 is 14.8 Å². The Bertz CT molecular complexity index is 408. The molecule has 62 valence electrons. The van der Waals surface area contributed by atoms with Crippen molar-refractivity contribution in [3.8, 4) is 11.8 Å². The van der Waals surface area contributed by atoms with Gasteiger partial charge in [-0.15, -0.1) is 0 Å². The van der Waals surface area contributed by atoms with Gasteiger partial charge >= 0.3 is 0 Å². The minimum Gasteiger partial charge on any atom is -0.506 e. The second-order valence-corrected chi connectivity index (χ2v) is 2.42. The summed E-state index contributed by atoms with van der Waals surface area (Å²) in [5.41, 5.74) is 1.31. The Morgan fingerprint density at radius 1 is 1.50 bits per heavy atom. The zero-order valence-electron chi connectivity index (χ0n) is 6.53. The van der Waals surface area contributed by atoms with E-state index in [4.69, 9.17) is 4.74 Å². The summed E-state index contributed by atoms with van der Waals surface area (Å²) in [5.74, 6) is 0.159. The Morgan fingerprint density at radius 3 is 3.00 bits per heavy atom. The van der Waals surface area contributed by atoms with Crippen molar-refractivity contribution in [2.75, 3.05) is 7.11 Å². The molecule has 1 aromatic heterocycles. The molecule has 4 heteroatoms. The van der Waals surface area contributed by atoms with Gasteiger partial charge in [-0.1, -0.05) is 6.07 Å². The van der Waals surface area contributed by atoms with Gasteiger partial charge in [0.2, 0.25) is 0 Å². The first kappa shape index (κ1) is 6.97. The number of phenolic OH excluding ortho intramolecular Hbond substituents is 1. The Balaban J connectivity index is 2.74. The molecule has 12 heavy (non-hydrogen) atoms. The lowest BCUT2D eigenvalue weighted by molar-refractivity contribution is 0.385. The van der Waals surface area contributed by atoms with Gasteiger partial charge in [-0.05, 0) is 12.1 Å². The summed E-state index contributed by atoms with van der Waals surface area (Å²) < 4.78 is 4.88. The third-order valence-corrected chi connectivity index (χ3v) is 1.66. The molecule has 1 aromatic carbocycles. The number of benzene rings is 1. The average Bonchev–Trinajstić information content (AvgIpc) is 2.49. The quantitative estimate of drug-likeness (QED) is 0.667. The van der Waals surface area contributed by atoms with Gasteiger partial charge in [0.1, 0.15) is 11.3 Å². The SMILES string of the molecule is COc1nc2c(O)cccc2[nH]1. The van der Waals surface area contributed by atoms with Gasteiger partial charge in [0.05, 0.1) is 12.6 Å². The van der Waals surface area contributed by atoms with Crippen molar-refractivity contribution in [3.05, 3.63) is 18.2 Å². The van der Waals surface area contributed by atoms with Crippen LogP contribution in [0.15, 0.2) is 18.2 Å². The minimum absolute atomic E-state index is 0.159. The van der Waals surface area contributed by atoms with E-state index in [-0.39, 0.29) is 5.75 Å². The van der Waals surface area contributed by atoms with Gasteiger partial charge in [0.15, 0.2) is 0 Å². The molecule has 2 rings (SSSR count). The topological polar surface area (TPSA) is 58.1 Å². The fourth-order valence-electron chi connectivity index (χ4n) is 1.09. The van der Waals surface area contributed by atoms with E-state index >= 15 is 0 Å². The fraction of sp³-hybridized carbons (Fsp3) is 0.125. The van der Waals surface area contributed by atoms with E-state index in [1.807, 2.05) is 6.07 Å². The molecule has 0 spiro atoms. The van der Waals surface area contributed by atoms with Gasteiger partial charge in [-0.25, -0.2) is 0 Å². The molecule has 0 aliphatic carbocycles. The molecule has 0 saturated heterocycles. The molecule has 0 aliphatic rings. The molecular formula is C8H8N2O2. The zero-order chi connectivity index (χ0) is 8.55. The number of fused-ring (bicyclic) bond motifs is 1. The molecule has 0 atom stereocenters. The predicted octanol–water partition coefficient (Wildman–Crippen LogP) is 1.28. The second-order valence-electron chi connectivity index (χ2n) is 2.42. The fourth-order valence-corrected chi connectivity index (χ4v) is 1.09. The number of nitrogens with zero attached hydrogens (tertiary/aromatic N) is 1. The van der Waals surface area contributed by atoms with Crippen LogP contribution in [0.25, 0.3) is 11.0 Å². The number of ether oxygens (including phenoxy) is 1. The Morgan fingerprint density at radius 2 is 2.33 bits per heavy atom. The number of rotatable bonds is 1. The van der Waals surface area contributed by atoms with Crippen molar-refractivity contribution in [2.24, 2.45) is 0 Å². The van der Waals surface area contributed by atoms with Crippen LogP contribution in [0, 0.1) is 0 Å². The van der Waals surface area contributed by atoms with E-state index in [9.17, 15) is 5.11 Å². The molecule has 4 nitrogen and oxygen atoms in total. The molecule has 0 radical (unpaired) electrons. The molecule has 0 unspecified atom stereocenters. The van der Waals surface area contributed by atoms with Crippen molar-refractivity contribution < 1.29 is 9.84 Å². The molecule has 0 aliphatic heterocycles. The van der Waals surface area contributed by atoms with Crippen molar-refractivity contribution >= 4 is 11.0 Å². The van der Waals surface area contributed by atoms with E-state index in [2.05, 4.69) is 9.97 Å². The highest BCUT2D eigenvalue weighted by molar-refractivity contribution is 5.81. The highest BCUT2D eigenvalue weighted by atomic mass is 16.5.